The summed E-state index contributed by atoms with van der Waals surface area (Å²) in [6, 6.07) is 0.302. The largest absolute Gasteiger partial charge is 0.381 e. The van der Waals surface area contributed by atoms with Crippen LogP contribution in [-0.4, -0.2) is 56.9 Å². The number of carbonyl (C=O) groups excluding carboxylic acids is 1. The van der Waals surface area contributed by atoms with Crippen molar-refractivity contribution in [2.75, 3.05) is 33.9 Å². The van der Waals surface area contributed by atoms with Gasteiger partial charge in [-0.3, -0.25) is 4.79 Å². The van der Waals surface area contributed by atoms with Gasteiger partial charge in [0, 0.05) is 40.0 Å². The van der Waals surface area contributed by atoms with Crippen molar-refractivity contribution in [1.82, 2.24) is 4.90 Å². The Balaban J connectivity index is 2.39. The second-order valence-electron chi connectivity index (χ2n) is 4.15. The van der Waals surface area contributed by atoms with E-state index in [2.05, 4.69) is 0 Å². The first-order valence-electron chi connectivity index (χ1n) is 5.75. The fraction of sp³-hybridized carbons (Fsp3) is 0.909. The van der Waals surface area contributed by atoms with E-state index in [-0.39, 0.29) is 12.0 Å². The van der Waals surface area contributed by atoms with Gasteiger partial charge in [0.25, 0.3) is 0 Å². The molecular formula is C11H22N2O3. The summed E-state index contributed by atoms with van der Waals surface area (Å²) in [6.45, 7) is 1.86. The number of carbonyl (C=O) groups is 1. The van der Waals surface area contributed by atoms with Crippen LogP contribution in [0.3, 0.4) is 0 Å². The standard InChI is InChI=1S/C11H22N2O3/c1-13(9-3-5-16-6-4-9)11(14)7-10(8-12)15-2/h9-10H,3-8,12H2,1-2H3. The van der Waals surface area contributed by atoms with Crippen LogP contribution < -0.4 is 5.73 Å². The molecule has 16 heavy (non-hydrogen) atoms. The highest BCUT2D eigenvalue weighted by atomic mass is 16.5. The number of ether oxygens (including phenoxy) is 2. The Kier molecular flexibility index (Phi) is 5.73. The molecule has 0 spiro atoms. The Hall–Kier alpha value is -0.650. The Morgan fingerprint density at radius 1 is 1.56 bits per heavy atom. The van der Waals surface area contributed by atoms with Crippen LogP contribution in [0.25, 0.3) is 0 Å². The molecule has 1 saturated heterocycles. The second kappa shape index (κ2) is 6.83. The summed E-state index contributed by atoms with van der Waals surface area (Å²) < 4.78 is 10.4. The maximum Gasteiger partial charge on any atom is 0.225 e. The summed E-state index contributed by atoms with van der Waals surface area (Å²) in [4.78, 5) is 13.7. The minimum Gasteiger partial charge on any atom is -0.381 e. The molecule has 0 bridgehead atoms. The van der Waals surface area contributed by atoms with E-state index in [0.29, 0.717) is 19.0 Å². The van der Waals surface area contributed by atoms with Gasteiger partial charge in [-0.25, -0.2) is 0 Å². The number of nitrogens with two attached hydrogens (primary N) is 1. The fourth-order valence-corrected chi connectivity index (χ4v) is 1.88. The van der Waals surface area contributed by atoms with Crippen LogP contribution in [0.4, 0.5) is 0 Å². The zero-order valence-electron chi connectivity index (χ0n) is 10.1. The molecule has 1 rings (SSSR count). The van der Waals surface area contributed by atoms with Gasteiger partial charge in [-0.05, 0) is 12.8 Å². The highest BCUT2D eigenvalue weighted by molar-refractivity contribution is 5.76. The third kappa shape index (κ3) is 3.73. The summed E-state index contributed by atoms with van der Waals surface area (Å²) in [6.07, 6.45) is 2.03. The van der Waals surface area contributed by atoms with Crippen LogP contribution in [0.1, 0.15) is 19.3 Å². The summed E-state index contributed by atoms with van der Waals surface area (Å²) in [5, 5.41) is 0. The maximum absolute atomic E-state index is 11.9. The molecule has 0 aromatic rings. The van der Waals surface area contributed by atoms with Gasteiger partial charge < -0.3 is 20.1 Å². The molecule has 0 aromatic carbocycles. The van der Waals surface area contributed by atoms with Crippen molar-refractivity contribution in [2.24, 2.45) is 5.73 Å². The molecular weight excluding hydrogens is 208 g/mol. The monoisotopic (exact) mass is 230 g/mol. The lowest BCUT2D eigenvalue weighted by molar-refractivity contribution is -0.136. The van der Waals surface area contributed by atoms with Crippen molar-refractivity contribution >= 4 is 5.91 Å². The molecule has 1 atom stereocenters. The van der Waals surface area contributed by atoms with Crippen molar-refractivity contribution in [2.45, 2.75) is 31.4 Å². The maximum atomic E-state index is 11.9. The second-order valence-corrected chi connectivity index (χ2v) is 4.15. The summed E-state index contributed by atoms with van der Waals surface area (Å²) >= 11 is 0. The zero-order valence-corrected chi connectivity index (χ0v) is 10.1. The first-order chi connectivity index (χ1) is 7.69. The van der Waals surface area contributed by atoms with Gasteiger partial charge in [0.2, 0.25) is 5.91 Å². The van der Waals surface area contributed by atoms with Crippen molar-refractivity contribution < 1.29 is 14.3 Å². The predicted molar refractivity (Wildman–Crippen MR) is 61.1 cm³/mol. The van der Waals surface area contributed by atoms with Gasteiger partial charge in [-0.2, -0.15) is 0 Å². The van der Waals surface area contributed by atoms with Gasteiger partial charge in [0.05, 0.1) is 12.5 Å². The summed E-state index contributed by atoms with van der Waals surface area (Å²) in [7, 11) is 3.43. The Morgan fingerprint density at radius 3 is 2.69 bits per heavy atom. The van der Waals surface area contributed by atoms with E-state index >= 15 is 0 Å². The van der Waals surface area contributed by atoms with Crippen molar-refractivity contribution in [1.29, 1.82) is 0 Å². The molecule has 2 N–H and O–H groups in total. The van der Waals surface area contributed by atoms with Crippen LogP contribution in [0.2, 0.25) is 0 Å². The third-order valence-corrected chi connectivity index (χ3v) is 3.13. The highest BCUT2D eigenvalue weighted by Crippen LogP contribution is 2.14. The molecule has 1 heterocycles. The lowest BCUT2D eigenvalue weighted by Crippen LogP contribution is -2.42. The van der Waals surface area contributed by atoms with Gasteiger partial charge in [-0.15, -0.1) is 0 Å². The van der Waals surface area contributed by atoms with Crippen molar-refractivity contribution in [3.63, 3.8) is 0 Å². The van der Waals surface area contributed by atoms with Gasteiger partial charge in [-0.1, -0.05) is 0 Å². The molecule has 1 unspecified atom stereocenters. The Morgan fingerprint density at radius 2 is 2.19 bits per heavy atom. The molecule has 5 heteroatoms. The molecule has 0 saturated carbocycles. The Bertz CT molecular complexity index is 213. The van der Waals surface area contributed by atoms with E-state index in [4.69, 9.17) is 15.2 Å². The lowest BCUT2D eigenvalue weighted by Gasteiger charge is -2.32. The topological polar surface area (TPSA) is 64.8 Å². The minimum absolute atomic E-state index is 0.101. The fourth-order valence-electron chi connectivity index (χ4n) is 1.88. The number of hydrogen-bond acceptors (Lipinski definition) is 4. The molecule has 5 nitrogen and oxygen atoms in total. The molecule has 0 aromatic heterocycles. The van der Waals surface area contributed by atoms with E-state index in [9.17, 15) is 4.79 Å². The molecule has 1 aliphatic heterocycles. The van der Waals surface area contributed by atoms with Crippen LogP contribution in [-0.2, 0) is 14.3 Å². The number of methoxy groups -OCH3 is 1. The lowest BCUT2D eigenvalue weighted by atomic mass is 10.1. The normalized spacial score (nSPS) is 19.4. The van der Waals surface area contributed by atoms with Crippen molar-refractivity contribution in [3.05, 3.63) is 0 Å². The van der Waals surface area contributed by atoms with Crippen LogP contribution in [0, 0.1) is 0 Å². The van der Waals surface area contributed by atoms with Crippen molar-refractivity contribution in [3.8, 4) is 0 Å². The quantitative estimate of drug-likeness (QED) is 0.721. The number of rotatable bonds is 5. The van der Waals surface area contributed by atoms with Crippen LogP contribution in [0.5, 0.6) is 0 Å². The predicted octanol–water partition coefficient (Wildman–Crippen LogP) is -0.0124. The first kappa shape index (κ1) is 13.4. The van der Waals surface area contributed by atoms with E-state index in [1.54, 1.807) is 7.11 Å². The van der Waals surface area contributed by atoms with E-state index in [1.165, 1.54) is 0 Å². The Labute approximate surface area is 96.9 Å². The number of nitrogens with zero attached hydrogens (tertiary/aromatic N) is 1. The van der Waals surface area contributed by atoms with Gasteiger partial charge in [0.1, 0.15) is 0 Å². The minimum atomic E-state index is -0.171. The third-order valence-electron chi connectivity index (χ3n) is 3.13. The van der Waals surface area contributed by atoms with E-state index in [1.807, 2.05) is 11.9 Å². The molecule has 0 radical (unpaired) electrons. The molecule has 0 aliphatic carbocycles. The molecule has 94 valence electrons. The molecule has 1 fully saturated rings. The summed E-state index contributed by atoms with van der Waals surface area (Å²) in [5.74, 6) is 0.101. The van der Waals surface area contributed by atoms with E-state index in [0.717, 1.165) is 26.1 Å². The first-order valence-corrected chi connectivity index (χ1v) is 5.75. The SMILES string of the molecule is COC(CN)CC(=O)N(C)C1CCOCC1. The molecule has 1 aliphatic rings. The van der Waals surface area contributed by atoms with Gasteiger partial charge >= 0.3 is 0 Å². The molecule has 1 amide bonds. The smallest absolute Gasteiger partial charge is 0.225 e. The number of amides is 1. The summed E-state index contributed by atoms with van der Waals surface area (Å²) in [5.41, 5.74) is 5.49. The van der Waals surface area contributed by atoms with Gasteiger partial charge in [0.15, 0.2) is 0 Å². The number of hydrogen-bond donors (Lipinski definition) is 1. The average Bonchev–Trinajstić information content (AvgIpc) is 2.35. The zero-order chi connectivity index (χ0) is 12.0. The van der Waals surface area contributed by atoms with E-state index < -0.39 is 0 Å². The average molecular weight is 230 g/mol. The van der Waals surface area contributed by atoms with Crippen LogP contribution >= 0.6 is 0 Å². The van der Waals surface area contributed by atoms with Crippen LogP contribution in [0.15, 0.2) is 0 Å². The highest BCUT2D eigenvalue weighted by Gasteiger charge is 2.23.